The summed E-state index contributed by atoms with van der Waals surface area (Å²) in [6.07, 6.45) is 14.6. The zero-order valence-electron chi connectivity index (χ0n) is 17.1. The summed E-state index contributed by atoms with van der Waals surface area (Å²) in [5.74, 6) is 1.64. The zero-order chi connectivity index (χ0) is 19.3. The molecular formula is C24H33N3O. The average Bonchev–Trinajstić information content (AvgIpc) is 3.40. The molecule has 2 aromatic rings. The van der Waals surface area contributed by atoms with Gasteiger partial charge in [-0.1, -0.05) is 56.4 Å². The highest BCUT2D eigenvalue weighted by atomic mass is 16.2. The quantitative estimate of drug-likeness (QED) is 0.701. The fraction of sp³-hybridized carbons (Fsp3) is 0.583. The van der Waals surface area contributed by atoms with Crippen molar-refractivity contribution in [1.29, 1.82) is 0 Å². The number of amides is 1. The number of carbonyl (C=O) groups is 1. The Bertz CT molecular complexity index is 785. The molecule has 0 bridgehead atoms. The molecule has 0 N–H and O–H groups in total. The zero-order valence-corrected chi connectivity index (χ0v) is 17.1. The molecule has 0 aliphatic heterocycles. The Morgan fingerprint density at radius 3 is 2.54 bits per heavy atom. The maximum absolute atomic E-state index is 13.4. The van der Waals surface area contributed by atoms with Gasteiger partial charge in [-0.05, 0) is 43.7 Å². The largest absolute Gasteiger partial charge is 0.332 e. The van der Waals surface area contributed by atoms with Gasteiger partial charge in [-0.25, -0.2) is 4.98 Å². The second-order valence-electron chi connectivity index (χ2n) is 8.64. The molecule has 2 fully saturated rings. The van der Waals surface area contributed by atoms with Crippen LogP contribution in [0.3, 0.4) is 0 Å². The Labute approximate surface area is 169 Å². The molecule has 1 aromatic carbocycles. The fourth-order valence-electron chi connectivity index (χ4n) is 4.95. The van der Waals surface area contributed by atoms with Gasteiger partial charge >= 0.3 is 0 Å². The van der Waals surface area contributed by atoms with Gasteiger partial charge in [0.1, 0.15) is 5.82 Å². The van der Waals surface area contributed by atoms with Crippen molar-refractivity contribution in [2.45, 2.75) is 83.8 Å². The first-order chi connectivity index (χ1) is 13.7. The molecule has 0 unspecified atom stereocenters. The summed E-state index contributed by atoms with van der Waals surface area (Å²) in [5.41, 5.74) is 2.61. The van der Waals surface area contributed by atoms with E-state index in [0.29, 0.717) is 18.5 Å². The van der Waals surface area contributed by atoms with Crippen LogP contribution in [-0.4, -0.2) is 26.4 Å². The number of carbonyl (C=O) groups excluding carboxylic acids is 1. The second kappa shape index (κ2) is 8.93. The van der Waals surface area contributed by atoms with Gasteiger partial charge in [-0.2, -0.15) is 0 Å². The van der Waals surface area contributed by atoms with Gasteiger partial charge in [-0.15, -0.1) is 0 Å². The van der Waals surface area contributed by atoms with E-state index in [0.717, 1.165) is 38.1 Å². The third-order valence-corrected chi connectivity index (χ3v) is 6.72. The summed E-state index contributed by atoms with van der Waals surface area (Å²) >= 11 is 0. The fourth-order valence-corrected chi connectivity index (χ4v) is 4.95. The number of benzene rings is 1. The first-order valence-corrected chi connectivity index (χ1v) is 11.1. The van der Waals surface area contributed by atoms with Crippen LogP contribution >= 0.6 is 0 Å². The van der Waals surface area contributed by atoms with Gasteiger partial charge in [-0.3, -0.25) is 4.79 Å². The SMILES string of the molecule is Cc1ccccc1Cn1ccnc1CN(C(=O)C1CCCC1)C1CCCCC1. The van der Waals surface area contributed by atoms with E-state index in [1.807, 2.05) is 6.20 Å². The van der Waals surface area contributed by atoms with E-state index in [4.69, 9.17) is 0 Å². The molecule has 0 saturated heterocycles. The summed E-state index contributed by atoms with van der Waals surface area (Å²) in [4.78, 5) is 20.2. The van der Waals surface area contributed by atoms with E-state index in [9.17, 15) is 4.79 Å². The molecule has 2 aliphatic carbocycles. The van der Waals surface area contributed by atoms with Crippen molar-refractivity contribution in [3.63, 3.8) is 0 Å². The summed E-state index contributed by atoms with van der Waals surface area (Å²) in [6, 6.07) is 8.91. The predicted octanol–water partition coefficient (Wildman–Crippen LogP) is 5.09. The number of rotatable bonds is 6. The molecule has 1 amide bonds. The molecular weight excluding hydrogens is 346 g/mol. The molecule has 0 spiro atoms. The van der Waals surface area contributed by atoms with E-state index in [2.05, 4.69) is 51.8 Å². The Balaban J connectivity index is 1.54. The second-order valence-corrected chi connectivity index (χ2v) is 8.64. The number of hydrogen-bond acceptors (Lipinski definition) is 2. The van der Waals surface area contributed by atoms with Crippen molar-refractivity contribution in [3.05, 3.63) is 53.6 Å². The Hall–Kier alpha value is -2.10. The van der Waals surface area contributed by atoms with Gasteiger partial charge < -0.3 is 9.47 Å². The number of aromatic nitrogens is 2. The summed E-state index contributed by atoms with van der Waals surface area (Å²) < 4.78 is 2.22. The molecule has 150 valence electrons. The molecule has 2 aliphatic rings. The molecule has 0 radical (unpaired) electrons. The highest BCUT2D eigenvalue weighted by molar-refractivity contribution is 5.79. The third kappa shape index (κ3) is 4.31. The van der Waals surface area contributed by atoms with Crippen LogP contribution < -0.4 is 0 Å². The van der Waals surface area contributed by atoms with Crippen LogP contribution in [0.2, 0.25) is 0 Å². The lowest BCUT2D eigenvalue weighted by molar-refractivity contribution is -0.139. The van der Waals surface area contributed by atoms with Gasteiger partial charge in [0.2, 0.25) is 5.91 Å². The lowest BCUT2D eigenvalue weighted by atomic mass is 9.93. The minimum absolute atomic E-state index is 0.238. The first-order valence-electron chi connectivity index (χ1n) is 11.1. The van der Waals surface area contributed by atoms with Crippen LogP contribution in [0, 0.1) is 12.8 Å². The summed E-state index contributed by atoms with van der Waals surface area (Å²) in [7, 11) is 0. The van der Waals surface area contributed by atoms with E-state index < -0.39 is 0 Å². The van der Waals surface area contributed by atoms with Gasteiger partial charge in [0.15, 0.2) is 0 Å². The standard InChI is InChI=1S/C24H33N3O/c1-19-9-5-6-12-21(19)17-26-16-15-25-23(26)18-27(22-13-3-2-4-14-22)24(28)20-10-7-8-11-20/h5-6,9,12,15-16,20,22H,2-4,7-8,10-11,13-14,17-18H2,1H3. The molecule has 4 heteroatoms. The molecule has 28 heavy (non-hydrogen) atoms. The van der Waals surface area contributed by atoms with E-state index >= 15 is 0 Å². The smallest absolute Gasteiger partial charge is 0.226 e. The number of nitrogens with zero attached hydrogens (tertiary/aromatic N) is 3. The van der Waals surface area contributed by atoms with Crippen LogP contribution in [0.5, 0.6) is 0 Å². The minimum Gasteiger partial charge on any atom is -0.332 e. The molecule has 1 aromatic heterocycles. The van der Waals surface area contributed by atoms with Gasteiger partial charge in [0, 0.05) is 30.9 Å². The Morgan fingerprint density at radius 2 is 1.79 bits per heavy atom. The number of hydrogen-bond donors (Lipinski definition) is 0. The van der Waals surface area contributed by atoms with Crippen molar-refractivity contribution in [1.82, 2.24) is 14.5 Å². The predicted molar refractivity (Wildman–Crippen MR) is 112 cm³/mol. The molecule has 4 rings (SSSR count). The van der Waals surface area contributed by atoms with Crippen LogP contribution in [0.15, 0.2) is 36.7 Å². The van der Waals surface area contributed by atoms with Crippen LogP contribution in [0.1, 0.15) is 74.7 Å². The molecule has 4 nitrogen and oxygen atoms in total. The maximum Gasteiger partial charge on any atom is 0.226 e. The monoisotopic (exact) mass is 379 g/mol. The minimum atomic E-state index is 0.238. The topological polar surface area (TPSA) is 38.1 Å². The van der Waals surface area contributed by atoms with Crippen LogP contribution in [0.4, 0.5) is 0 Å². The number of aryl methyl sites for hydroxylation is 1. The van der Waals surface area contributed by atoms with Crippen molar-refractivity contribution >= 4 is 5.91 Å². The van der Waals surface area contributed by atoms with Gasteiger partial charge in [0.25, 0.3) is 0 Å². The summed E-state index contributed by atoms with van der Waals surface area (Å²) in [5, 5.41) is 0. The first kappa shape index (κ1) is 19.2. The molecule has 2 saturated carbocycles. The molecule has 1 heterocycles. The van der Waals surface area contributed by atoms with E-state index in [1.165, 1.54) is 43.2 Å². The number of imidazole rings is 1. The third-order valence-electron chi connectivity index (χ3n) is 6.72. The lowest BCUT2D eigenvalue weighted by Crippen LogP contribution is -2.44. The van der Waals surface area contributed by atoms with Crippen molar-refractivity contribution < 1.29 is 4.79 Å². The maximum atomic E-state index is 13.4. The summed E-state index contributed by atoms with van der Waals surface area (Å²) in [6.45, 7) is 3.63. The lowest BCUT2D eigenvalue weighted by Gasteiger charge is -2.36. The van der Waals surface area contributed by atoms with Gasteiger partial charge in [0.05, 0.1) is 6.54 Å². The van der Waals surface area contributed by atoms with Crippen molar-refractivity contribution in [3.8, 4) is 0 Å². The Morgan fingerprint density at radius 1 is 1.07 bits per heavy atom. The van der Waals surface area contributed by atoms with Crippen molar-refractivity contribution in [2.24, 2.45) is 5.92 Å². The molecule has 0 atom stereocenters. The average molecular weight is 380 g/mol. The van der Waals surface area contributed by atoms with Crippen molar-refractivity contribution in [2.75, 3.05) is 0 Å². The van der Waals surface area contributed by atoms with E-state index in [-0.39, 0.29) is 5.92 Å². The highest BCUT2D eigenvalue weighted by Gasteiger charge is 2.32. The highest BCUT2D eigenvalue weighted by Crippen LogP contribution is 2.31. The van der Waals surface area contributed by atoms with Crippen LogP contribution in [0.25, 0.3) is 0 Å². The normalized spacial score (nSPS) is 18.5. The van der Waals surface area contributed by atoms with E-state index in [1.54, 1.807) is 0 Å². The van der Waals surface area contributed by atoms with Crippen LogP contribution in [-0.2, 0) is 17.9 Å². The Kier molecular flexibility index (Phi) is 6.13.